The molecule has 0 atom stereocenters. The van der Waals surface area contributed by atoms with Gasteiger partial charge in [-0.3, -0.25) is 14.4 Å². The van der Waals surface area contributed by atoms with Crippen molar-refractivity contribution >= 4 is 39.3 Å². The quantitative estimate of drug-likeness (QED) is 0.541. The summed E-state index contributed by atoms with van der Waals surface area (Å²) in [4.78, 5) is 40.2. The Morgan fingerprint density at radius 2 is 1.83 bits per heavy atom. The number of aromatic nitrogens is 1. The van der Waals surface area contributed by atoms with Gasteiger partial charge < -0.3 is 15.4 Å². The molecule has 0 spiro atoms. The highest BCUT2D eigenvalue weighted by molar-refractivity contribution is 7.18. The maximum atomic E-state index is 12.1. The number of thiazole rings is 1. The van der Waals surface area contributed by atoms with E-state index >= 15 is 0 Å². The maximum Gasteiger partial charge on any atom is 0.325 e. The molecule has 0 aliphatic heterocycles. The molecule has 3 rings (SSSR count). The predicted molar refractivity (Wildman–Crippen MR) is 116 cm³/mol. The second-order valence-corrected chi connectivity index (χ2v) is 7.93. The maximum absolute atomic E-state index is 12.1. The Morgan fingerprint density at radius 1 is 1.03 bits per heavy atom. The minimum Gasteiger partial charge on any atom is -0.454 e. The molecule has 2 N–H and O–H groups in total. The van der Waals surface area contributed by atoms with Crippen molar-refractivity contribution in [3.05, 3.63) is 64.2 Å². The third-order valence-corrected chi connectivity index (χ3v) is 5.62. The summed E-state index contributed by atoms with van der Waals surface area (Å²) in [5.41, 5.74) is 3.49. The Hall–Kier alpha value is -3.26. The minimum absolute atomic E-state index is 0.301. The van der Waals surface area contributed by atoms with Crippen molar-refractivity contribution in [2.24, 2.45) is 0 Å². The lowest BCUT2D eigenvalue weighted by molar-refractivity contribution is -0.147. The fraction of sp³-hybridized carbons (Fsp3) is 0.273. The largest absolute Gasteiger partial charge is 0.454 e. The average Bonchev–Trinajstić information content (AvgIpc) is 3.15. The number of para-hydroxylation sites is 1. The van der Waals surface area contributed by atoms with E-state index in [2.05, 4.69) is 15.6 Å². The Labute approximate surface area is 178 Å². The second-order valence-electron chi connectivity index (χ2n) is 6.82. The molecule has 1 heterocycles. The number of hydrogen-bond donors (Lipinski definition) is 2. The zero-order valence-electron chi connectivity index (χ0n) is 16.9. The molecule has 30 heavy (non-hydrogen) atoms. The Bertz CT molecular complexity index is 1040. The van der Waals surface area contributed by atoms with Gasteiger partial charge in [0.1, 0.15) is 6.54 Å². The topological polar surface area (TPSA) is 97.4 Å². The van der Waals surface area contributed by atoms with Crippen molar-refractivity contribution in [3.63, 3.8) is 0 Å². The van der Waals surface area contributed by atoms with Gasteiger partial charge in [-0.15, -0.1) is 11.3 Å². The van der Waals surface area contributed by atoms with E-state index in [-0.39, 0.29) is 12.5 Å². The van der Waals surface area contributed by atoms with Crippen LogP contribution in [0.25, 0.3) is 10.2 Å². The first kappa shape index (κ1) is 21.4. The van der Waals surface area contributed by atoms with E-state index in [9.17, 15) is 14.4 Å². The zero-order valence-corrected chi connectivity index (χ0v) is 17.7. The van der Waals surface area contributed by atoms with Crippen LogP contribution in [0.4, 0.5) is 0 Å². The van der Waals surface area contributed by atoms with Crippen molar-refractivity contribution < 1.29 is 19.1 Å². The first-order valence-electron chi connectivity index (χ1n) is 9.54. The van der Waals surface area contributed by atoms with Gasteiger partial charge in [0.2, 0.25) is 0 Å². The summed E-state index contributed by atoms with van der Waals surface area (Å²) in [5.74, 6) is -1.44. The standard InChI is InChI=1S/C22H23N3O4S/c1-14-7-8-16(11-15(14)2)22(28)24-12-21(27)29-13-19(26)23-10-9-20-25-17-5-3-4-6-18(17)30-20/h3-8,11H,9-10,12-13H2,1-2H3,(H,23,26)(H,24,28). The van der Waals surface area contributed by atoms with Crippen LogP contribution in [0, 0.1) is 13.8 Å². The highest BCUT2D eigenvalue weighted by atomic mass is 32.1. The molecule has 0 aliphatic carbocycles. The zero-order chi connectivity index (χ0) is 21.5. The molecule has 2 aromatic carbocycles. The number of aryl methyl sites for hydroxylation is 2. The predicted octanol–water partition coefficient (Wildman–Crippen LogP) is 2.55. The summed E-state index contributed by atoms with van der Waals surface area (Å²) in [6, 6.07) is 13.2. The Kier molecular flexibility index (Phi) is 7.13. The molecule has 1 aromatic heterocycles. The van der Waals surface area contributed by atoms with Gasteiger partial charge in [-0.25, -0.2) is 4.98 Å². The van der Waals surface area contributed by atoms with Gasteiger partial charge in [-0.1, -0.05) is 18.2 Å². The molecule has 0 radical (unpaired) electrons. The van der Waals surface area contributed by atoms with E-state index in [4.69, 9.17) is 4.74 Å². The van der Waals surface area contributed by atoms with Gasteiger partial charge in [0.15, 0.2) is 6.61 Å². The van der Waals surface area contributed by atoms with Crippen molar-refractivity contribution in [2.75, 3.05) is 19.7 Å². The summed E-state index contributed by atoms with van der Waals surface area (Å²) in [6.45, 7) is 3.58. The molecule has 0 saturated carbocycles. The summed E-state index contributed by atoms with van der Waals surface area (Å²) >= 11 is 1.59. The van der Waals surface area contributed by atoms with Crippen molar-refractivity contribution in [1.29, 1.82) is 0 Å². The number of amides is 2. The number of ether oxygens (including phenoxy) is 1. The van der Waals surface area contributed by atoms with Crippen LogP contribution in [0.15, 0.2) is 42.5 Å². The van der Waals surface area contributed by atoms with Gasteiger partial charge in [-0.05, 0) is 49.2 Å². The van der Waals surface area contributed by atoms with Crippen LogP contribution in [0.5, 0.6) is 0 Å². The fourth-order valence-corrected chi connectivity index (χ4v) is 3.69. The summed E-state index contributed by atoms with van der Waals surface area (Å²) in [6.07, 6.45) is 0.602. The van der Waals surface area contributed by atoms with Crippen LogP contribution in [-0.4, -0.2) is 42.5 Å². The normalized spacial score (nSPS) is 10.6. The SMILES string of the molecule is Cc1ccc(C(=O)NCC(=O)OCC(=O)NCCc2nc3ccccc3s2)cc1C. The fourth-order valence-electron chi connectivity index (χ4n) is 2.72. The average molecular weight is 426 g/mol. The van der Waals surface area contributed by atoms with Crippen molar-refractivity contribution in [1.82, 2.24) is 15.6 Å². The van der Waals surface area contributed by atoms with E-state index in [0.29, 0.717) is 18.5 Å². The monoisotopic (exact) mass is 425 g/mol. The highest BCUT2D eigenvalue weighted by Gasteiger charge is 2.11. The van der Waals surface area contributed by atoms with E-state index < -0.39 is 18.5 Å². The first-order valence-corrected chi connectivity index (χ1v) is 10.4. The molecule has 0 bridgehead atoms. The van der Waals surface area contributed by atoms with Crippen LogP contribution < -0.4 is 10.6 Å². The molecule has 0 aliphatic rings. The number of fused-ring (bicyclic) bond motifs is 1. The van der Waals surface area contributed by atoms with Gasteiger partial charge >= 0.3 is 5.97 Å². The molecule has 2 amide bonds. The van der Waals surface area contributed by atoms with Crippen LogP contribution >= 0.6 is 11.3 Å². The van der Waals surface area contributed by atoms with Gasteiger partial charge in [0.05, 0.1) is 15.2 Å². The number of nitrogens with zero attached hydrogens (tertiary/aromatic N) is 1. The summed E-state index contributed by atoms with van der Waals surface area (Å²) in [5, 5.41) is 6.12. The van der Waals surface area contributed by atoms with Gasteiger partial charge in [0, 0.05) is 18.5 Å². The molecule has 3 aromatic rings. The van der Waals surface area contributed by atoms with Crippen molar-refractivity contribution in [2.45, 2.75) is 20.3 Å². The number of hydrogen-bond acceptors (Lipinski definition) is 6. The van der Waals surface area contributed by atoms with Crippen LogP contribution in [0.1, 0.15) is 26.5 Å². The van der Waals surface area contributed by atoms with Gasteiger partial charge in [-0.2, -0.15) is 0 Å². The van der Waals surface area contributed by atoms with Crippen molar-refractivity contribution in [3.8, 4) is 0 Å². The van der Waals surface area contributed by atoms with E-state index in [1.54, 1.807) is 23.5 Å². The molecule has 156 valence electrons. The minimum atomic E-state index is -0.673. The third-order valence-electron chi connectivity index (χ3n) is 4.53. The number of benzene rings is 2. The molecular formula is C22H23N3O4S. The van der Waals surface area contributed by atoms with E-state index in [1.165, 1.54) is 0 Å². The molecule has 0 saturated heterocycles. The molecule has 7 nitrogen and oxygen atoms in total. The second kappa shape index (κ2) is 9.98. The smallest absolute Gasteiger partial charge is 0.325 e. The molecular weight excluding hydrogens is 402 g/mol. The summed E-state index contributed by atoms with van der Waals surface area (Å²) in [7, 11) is 0. The van der Waals surface area contributed by atoms with Crippen LogP contribution in [0.2, 0.25) is 0 Å². The number of carbonyl (C=O) groups excluding carboxylic acids is 3. The number of esters is 1. The lowest BCUT2D eigenvalue weighted by Gasteiger charge is -2.08. The number of carbonyl (C=O) groups is 3. The van der Waals surface area contributed by atoms with E-state index in [1.807, 2.05) is 44.2 Å². The molecule has 0 fully saturated rings. The van der Waals surface area contributed by atoms with Crippen LogP contribution in [-0.2, 0) is 20.7 Å². The molecule has 0 unspecified atom stereocenters. The third kappa shape index (κ3) is 5.87. The first-order chi connectivity index (χ1) is 14.4. The Balaban J connectivity index is 1.34. The Morgan fingerprint density at radius 3 is 2.60 bits per heavy atom. The lowest BCUT2D eigenvalue weighted by atomic mass is 10.1. The highest BCUT2D eigenvalue weighted by Crippen LogP contribution is 2.21. The summed E-state index contributed by atoms with van der Waals surface area (Å²) < 4.78 is 6.01. The van der Waals surface area contributed by atoms with E-state index in [0.717, 1.165) is 26.4 Å². The number of nitrogens with one attached hydrogen (secondary N) is 2. The lowest BCUT2D eigenvalue weighted by Crippen LogP contribution is -2.34. The number of rotatable bonds is 8. The van der Waals surface area contributed by atoms with Crippen LogP contribution in [0.3, 0.4) is 0 Å². The molecule has 8 heteroatoms. The van der Waals surface area contributed by atoms with Gasteiger partial charge in [0.25, 0.3) is 11.8 Å².